The smallest absolute Gasteiger partial charge is 0.220 e. The van der Waals surface area contributed by atoms with Crippen LogP contribution in [0.4, 0.5) is 0 Å². The van der Waals surface area contributed by atoms with E-state index in [2.05, 4.69) is 26.1 Å². The summed E-state index contributed by atoms with van der Waals surface area (Å²) < 4.78 is 5.86. The molecule has 114 valence electrons. The van der Waals surface area contributed by atoms with Crippen LogP contribution in [0.1, 0.15) is 52.9 Å². The van der Waals surface area contributed by atoms with Gasteiger partial charge in [-0.05, 0) is 25.8 Å². The summed E-state index contributed by atoms with van der Waals surface area (Å²) in [5.74, 6) is 0.116. The lowest BCUT2D eigenvalue weighted by Gasteiger charge is -2.51. The van der Waals surface area contributed by atoms with Gasteiger partial charge in [0.05, 0.1) is 6.10 Å². The number of nitrogens with two attached hydrogens (primary N) is 1. The maximum Gasteiger partial charge on any atom is 0.220 e. The second-order valence-corrected chi connectivity index (χ2v) is 5.78. The molecule has 1 amide bonds. The van der Waals surface area contributed by atoms with Crippen LogP contribution in [0.2, 0.25) is 0 Å². The van der Waals surface area contributed by atoms with Gasteiger partial charge >= 0.3 is 0 Å². The lowest BCUT2D eigenvalue weighted by molar-refractivity contribution is -0.138. The van der Waals surface area contributed by atoms with E-state index in [-0.39, 0.29) is 35.9 Å². The standard InChI is InChI=1S/C14H28N2O2.ClH/c1-4-5-9-18-12-10-11(14(12,2)3)16-13(17)7-6-8-15;/h11-12H,4-10,15H2,1-3H3,(H,16,17);1H. The van der Waals surface area contributed by atoms with Crippen LogP contribution >= 0.6 is 12.4 Å². The highest BCUT2D eigenvalue weighted by Gasteiger charge is 2.49. The Hall–Kier alpha value is -0.320. The molecule has 2 atom stereocenters. The molecule has 0 aliphatic heterocycles. The Kier molecular flexibility index (Phi) is 8.62. The molecule has 5 heteroatoms. The normalized spacial score (nSPS) is 24.2. The molecule has 0 aromatic carbocycles. The molecule has 0 saturated heterocycles. The summed E-state index contributed by atoms with van der Waals surface area (Å²) in [6.07, 6.45) is 4.78. The topological polar surface area (TPSA) is 64.3 Å². The highest BCUT2D eigenvalue weighted by molar-refractivity contribution is 5.85. The van der Waals surface area contributed by atoms with Crippen molar-refractivity contribution in [3.63, 3.8) is 0 Å². The minimum atomic E-state index is 0. The van der Waals surface area contributed by atoms with Crippen molar-refractivity contribution < 1.29 is 9.53 Å². The van der Waals surface area contributed by atoms with E-state index in [0.717, 1.165) is 32.3 Å². The Bertz CT molecular complexity index is 272. The number of nitrogens with one attached hydrogen (secondary N) is 1. The number of rotatable bonds is 8. The monoisotopic (exact) mass is 292 g/mol. The average Bonchev–Trinajstić information content (AvgIpc) is 2.34. The SMILES string of the molecule is CCCCOC1CC(NC(=O)CCCN)C1(C)C.Cl. The van der Waals surface area contributed by atoms with Gasteiger partial charge in [-0.1, -0.05) is 27.2 Å². The van der Waals surface area contributed by atoms with E-state index in [9.17, 15) is 4.79 Å². The first-order valence-corrected chi connectivity index (χ1v) is 7.13. The molecule has 1 aliphatic rings. The van der Waals surface area contributed by atoms with Gasteiger partial charge in [0.1, 0.15) is 0 Å². The zero-order valence-corrected chi connectivity index (χ0v) is 13.2. The molecule has 0 heterocycles. The van der Waals surface area contributed by atoms with Crippen LogP contribution in [0.25, 0.3) is 0 Å². The predicted octanol–water partition coefficient (Wildman–Crippen LogP) is 2.25. The number of hydrogen-bond donors (Lipinski definition) is 2. The summed E-state index contributed by atoms with van der Waals surface area (Å²) in [6, 6.07) is 0.245. The number of carbonyl (C=O) groups is 1. The molecule has 1 rings (SSSR count). The van der Waals surface area contributed by atoms with Crippen molar-refractivity contribution in [2.24, 2.45) is 11.1 Å². The first kappa shape index (κ1) is 18.7. The van der Waals surface area contributed by atoms with Crippen LogP contribution in [-0.4, -0.2) is 31.2 Å². The predicted molar refractivity (Wildman–Crippen MR) is 80.5 cm³/mol. The van der Waals surface area contributed by atoms with Crippen LogP contribution in [0.3, 0.4) is 0 Å². The van der Waals surface area contributed by atoms with Crippen LogP contribution < -0.4 is 11.1 Å². The van der Waals surface area contributed by atoms with E-state index in [0.29, 0.717) is 13.0 Å². The molecule has 0 bridgehead atoms. The van der Waals surface area contributed by atoms with E-state index < -0.39 is 0 Å². The third-order valence-electron chi connectivity index (χ3n) is 3.94. The number of halogens is 1. The third kappa shape index (κ3) is 5.28. The van der Waals surface area contributed by atoms with Gasteiger partial charge in [0, 0.05) is 24.5 Å². The van der Waals surface area contributed by atoms with Gasteiger partial charge in [0.25, 0.3) is 0 Å². The Labute approximate surface area is 123 Å². The second kappa shape index (κ2) is 8.77. The molecule has 1 fully saturated rings. The minimum Gasteiger partial charge on any atom is -0.378 e. The highest BCUT2D eigenvalue weighted by Crippen LogP contribution is 2.42. The molecule has 1 aliphatic carbocycles. The summed E-state index contributed by atoms with van der Waals surface area (Å²) >= 11 is 0. The molecule has 4 nitrogen and oxygen atoms in total. The fourth-order valence-corrected chi connectivity index (χ4v) is 2.31. The summed E-state index contributed by atoms with van der Waals surface area (Å²) in [4.78, 5) is 11.7. The van der Waals surface area contributed by atoms with E-state index in [4.69, 9.17) is 10.5 Å². The molecule has 3 N–H and O–H groups in total. The quantitative estimate of drug-likeness (QED) is 0.675. The van der Waals surface area contributed by atoms with Crippen molar-refractivity contribution >= 4 is 18.3 Å². The second-order valence-electron chi connectivity index (χ2n) is 5.78. The molecule has 0 aromatic rings. The van der Waals surface area contributed by atoms with Gasteiger partial charge in [0.15, 0.2) is 0 Å². The van der Waals surface area contributed by atoms with Gasteiger partial charge in [-0.25, -0.2) is 0 Å². The Balaban J connectivity index is 0.00000324. The van der Waals surface area contributed by atoms with Crippen molar-refractivity contribution in [3.05, 3.63) is 0 Å². The zero-order valence-electron chi connectivity index (χ0n) is 12.4. The van der Waals surface area contributed by atoms with Crippen molar-refractivity contribution in [3.8, 4) is 0 Å². The third-order valence-corrected chi connectivity index (χ3v) is 3.94. The van der Waals surface area contributed by atoms with Crippen LogP contribution in [0.15, 0.2) is 0 Å². The van der Waals surface area contributed by atoms with E-state index in [1.165, 1.54) is 0 Å². The van der Waals surface area contributed by atoms with Crippen LogP contribution in [0, 0.1) is 5.41 Å². The molecule has 1 saturated carbocycles. The molecule has 0 spiro atoms. The van der Waals surface area contributed by atoms with Gasteiger partial charge < -0.3 is 15.8 Å². The maximum absolute atomic E-state index is 11.7. The van der Waals surface area contributed by atoms with Gasteiger partial charge in [-0.15, -0.1) is 12.4 Å². The fourth-order valence-electron chi connectivity index (χ4n) is 2.31. The Morgan fingerprint density at radius 2 is 2.11 bits per heavy atom. The molecule has 19 heavy (non-hydrogen) atoms. The molecule has 0 radical (unpaired) electrons. The number of ether oxygens (including phenoxy) is 1. The Morgan fingerprint density at radius 3 is 2.63 bits per heavy atom. The molecular formula is C14H29ClN2O2. The fraction of sp³-hybridized carbons (Fsp3) is 0.929. The average molecular weight is 293 g/mol. The van der Waals surface area contributed by atoms with Crippen LogP contribution in [-0.2, 0) is 9.53 Å². The molecular weight excluding hydrogens is 264 g/mol. The highest BCUT2D eigenvalue weighted by atomic mass is 35.5. The van der Waals surface area contributed by atoms with E-state index in [1.807, 2.05) is 0 Å². The van der Waals surface area contributed by atoms with Crippen molar-refractivity contribution in [2.45, 2.75) is 65.0 Å². The molecule has 0 aromatic heterocycles. The summed E-state index contributed by atoms with van der Waals surface area (Å²) in [5, 5.41) is 3.09. The van der Waals surface area contributed by atoms with Crippen molar-refractivity contribution in [1.29, 1.82) is 0 Å². The zero-order chi connectivity index (χ0) is 13.6. The lowest BCUT2D eigenvalue weighted by Crippen LogP contribution is -2.62. The Morgan fingerprint density at radius 1 is 1.42 bits per heavy atom. The largest absolute Gasteiger partial charge is 0.378 e. The van der Waals surface area contributed by atoms with Gasteiger partial charge in [0.2, 0.25) is 5.91 Å². The first-order valence-electron chi connectivity index (χ1n) is 7.13. The van der Waals surface area contributed by atoms with E-state index >= 15 is 0 Å². The molecule has 2 unspecified atom stereocenters. The summed E-state index contributed by atoms with van der Waals surface area (Å²) in [6.45, 7) is 7.90. The minimum absolute atomic E-state index is 0. The first-order chi connectivity index (χ1) is 8.52. The van der Waals surface area contributed by atoms with Crippen molar-refractivity contribution in [2.75, 3.05) is 13.2 Å². The maximum atomic E-state index is 11.7. The van der Waals surface area contributed by atoms with Gasteiger partial charge in [-0.3, -0.25) is 4.79 Å². The lowest BCUT2D eigenvalue weighted by atomic mass is 9.64. The summed E-state index contributed by atoms with van der Waals surface area (Å²) in [5.41, 5.74) is 5.45. The number of unbranched alkanes of at least 4 members (excludes halogenated alkanes) is 1. The number of carbonyl (C=O) groups excluding carboxylic acids is 1. The number of amides is 1. The van der Waals surface area contributed by atoms with Crippen LogP contribution in [0.5, 0.6) is 0 Å². The van der Waals surface area contributed by atoms with Crippen molar-refractivity contribution in [1.82, 2.24) is 5.32 Å². The van der Waals surface area contributed by atoms with Gasteiger partial charge in [-0.2, -0.15) is 0 Å². The summed E-state index contributed by atoms with van der Waals surface area (Å²) in [7, 11) is 0. The van der Waals surface area contributed by atoms with E-state index in [1.54, 1.807) is 0 Å². The number of hydrogen-bond acceptors (Lipinski definition) is 3.